The van der Waals surface area contributed by atoms with E-state index >= 15 is 0 Å². The average molecular weight is 268 g/mol. The molecular weight excluding hydrogens is 236 g/mol. The Morgan fingerprint density at radius 3 is 2.47 bits per heavy atom. The van der Waals surface area contributed by atoms with Gasteiger partial charge in [0, 0.05) is 30.7 Å². The first-order valence-electron chi connectivity index (χ1n) is 8.01. The van der Waals surface area contributed by atoms with Gasteiger partial charge in [-0.1, -0.05) is 27.7 Å². The molecule has 19 heavy (non-hydrogen) atoms. The molecule has 3 heteroatoms. The largest absolute Gasteiger partial charge is 0.381 e. The normalized spacial score (nSPS) is 34.6. The maximum atomic E-state index is 5.62. The molecule has 1 aliphatic carbocycles. The molecule has 2 atom stereocenters. The minimum Gasteiger partial charge on any atom is -0.381 e. The van der Waals surface area contributed by atoms with Crippen LogP contribution in [0.4, 0.5) is 0 Å². The molecule has 0 spiro atoms. The highest BCUT2D eigenvalue weighted by Gasteiger charge is 2.52. The Hall–Kier alpha value is -0.120. The van der Waals surface area contributed by atoms with Crippen molar-refractivity contribution in [3.63, 3.8) is 0 Å². The van der Waals surface area contributed by atoms with Crippen LogP contribution in [-0.4, -0.2) is 49.3 Å². The summed E-state index contributed by atoms with van der Waals surface area (Å²) >= 11 is 0. The first kappa shape index (κ1) is 15.3. The summed E-state index contributed by atoms with van der Waals surface area (Å²) in [6.07, 6.45) is 5.35. The molecule has 2 rings (SSSR count). The topological polar surface area (TPSA) is 24.5 Å². The van der Waals surface area contributed by atoms with E-state index in [1.165, 1.54) is 45.3 Å². The van der Waals surface area contributed by atoms with E-state index in [2.05, 4.69) is 37.9 Å². The average Bonchev–Trinajstić information content (AvgIpc) is 2.61. The highest BCUT2D eigenvalue weighted by atomic mass is 16.5. The lowest BCUT2D eigenvalue weighted by atomic mass is 9.63. The van der Waals surface area contributed by atoms with Crippen molar-refractivity contribution in [1.29, 1.82) is 0 Å². The van der Waals surface area contributed by atoms with Crippen LogP contribution in [0.2, 0.25) is 0 Å². The molecule has 0 aromatic rings. The fourth-order valence-electron chi connectivity index (χ4n) is 4.03. The quantitative estimate of drug-likeness (QED) is 0.848. The molecule has 1 heterocycles. The predicted molar refractivity (Wildman–Crippen MR) is 80.5 cm³/mol. The van der Waals surface area contributed by atoms with Crippen molar-refractivity contribution in [2.24, 2.45) is 5.41 Å². The van der Waals surface area contributed by atoms with Gasteiger partial charge in [-0.25, -0.2) is 0 Å². The fourth-order valence-corrected chi connectivity index (χ4v) is 4.03. The molecule has 1 N–H and O–H groups in total. The lowest BCUT2D eigenvalue weighted by molar-refractivity contribution is -0.140. The summed E-state index contributed by atoms with van der Waals surface area (Å²) in [6, 6.07) is 0.690. The van der Waals surface area contributed by atoms with Crippen LogP contribution in [0.3, 0.4) is 0 Å². The van der Waals surface area contributed by atoms with Crippen LogP contribution in [0.25, 0.3) is 0 Å². The molecule has 0 aromatic heterocycles. The van der Waals surface area contributed by atoms with Crippen molar-refractivity contribution in [3.05, 3.63) is 0 Å². The van der Waals surface area contributed by atoms with Crippen molar-refractivity contribution < 1.29 is 4.74 Å². The Morgan fingerprint density at radius 2 is 1.95 bits per heavy atom. The molecule has 112 valence electrons. The lowest BCUT2D eigenvalue weighted by Crippen LogP contribution is -2.64. The summed E-state index contributed by atoms with van der Waals surface area (Å²) in [7, 11) is 1.86. The summed E-state index contributed by atoms with van der Waals surface area (Å²) in [4.78, 5) is 2.74. The summed E-state index contributed by atoms with van der Waals surface area (Å²) in [6.45, 7) is 13.0. The third-order valence-corrected chi connectivity index (χ3v) is 5.83. The number of ether oxygens (including phenoxy) is 1. The molecule has 1 saturated carbocycles. The lowest BCUT2D eigenvalue weighted by Gasteiger charge is -2.56. The second-order valence-corrected chi connectivity index (χ2v) is 7.04. The summed E-state index contributed by atoms with van der Waals surface area (Å²) in [5, 5.41) is 3.81. The number of hydrogen-bond acceptors (Lipinski definition) is 3. The van der Waals surface area contributed by atoms with Crippen molar-refractivity contribution in [2.45, 2.75) is 71.1 Å². The fraction of sp³-hybridized carbons (Fsp3) is 1.00. The molecule has 0 bridgehead atoms. The highest BCUT2D eigenvalue weighted by molar-refractivity contribution is 5.06. The van der Waals surface area contributed by atoms with Crippen LogP contribution in [-0.2, 0) is 4.74 Å². The van der Waals surface area contributed by atoms with Crippen LogP contribution < -0.4 is 5.32 Å². The Kier molecular flexibility index (Phi) is 4.59. The summed E-state index contributed by atoms with van der Waals surface area (Å²) < 4.78 is 5.62. The molecule has 0 amide bonds. The molecule has 3 nitrogen and oxygen atoms in total. The monoisotopic (exact) mass is 268 g/mol. The SMILES string of the molecule is CCC1(CC)CN(C2CC(OC)C2(C)C)CCCN1. The van der Waals surface area contributed by atoms with E-state index in [9.17, 15) is 0 Å². The number of nitrogens with zero attached hydrogens (tertiary/aromatic N) is 1. The van der Waals surface area contributed by atoms with Crippen molar-refractivity contribution >= 4 is 0 Å². The molecule has 1 saturated heterocycles. The molecular formula is C16H32N2O. The van der Waals surface area contributed by atoms with Crippen LogP contribution in [0.1, 0.15) is 53.4 Å². The van der Waals surface area contributed by atoms with Gasteiger partial charge in [-0.15, -0.1) is 0 Å². The zero-order valence-corrected chi connectivity index (χ0v) is 13.5. The Labute approximate surface area is 119 Å². The second-order valence-electron chi connectivity index (χ2n) is 7.04. The molecule has 0 radical (unpaired) electrons. The van der Waals surface area contributed by atoms with Crippen LogP contribution >= 0.6 is 0 Å². The summed E-state index contributed by atoms with van der Waals surface area (Å²) in [5.41, 5.74) is 0.622. The smallest absolute Gasteiger partial charge is 0.0652 e. The van der Waals surface area contributed by atoms with E-state index < -0.39 is 0 Å². The van der Waals surface area contributed by atoms with Crippen LogP contribution in [0.5, 0.6) is 0 Å². The number of methoxy groups -OCH3 is 1. The van der Waals surface area contributed by atoms with Gasteiger partial charge in [0.2, 0.25) is 0 Å². The second kappa shape index (κ2) is 5.71. The van der Waals surface area contributed by atoms with Gasteiger partial charge in [0.15, 0.2) is 0 Å². The van der Waals surface area contributed by atoms with E-state index in [1.54, 1.807) is 0 Å². The van der Waals surface area contributed by atoms with Gasteiger partial charge >= 0.3 is 0 Å². The van der Waals surface area contributed by atoms with Crippen molar-refractivity contribution in [3.8, 4) is 0 Å². The summed E-state index contributed by atoms with van der Waals surface area (Å²) in [5.74, 6) is 0. The number of nitrogens with one attached hydrogen (secondary N) is 1. The van der Waals surface area contributed by atoms with E-state index in [-0.39, 0.29) is 0 Å². The number of rotatable bonds is 4. The Morgan fingerprint density at radius 1 is 1.26 bits per heavy atom. The molecule has 1 aliphatic heterocycles. The van der Waals surface area contributed by atoms with E-state index in [0.717, 1.165) is 0 Å². The Balaban J connectivity index is 2.08. The first-order chi connectivity index (χ1) is 8.99. The van der Waals surface area contributed by atoms with Crippen LogP contribution in [0, 0.1) is 5.41 Å². The molecule has 2 aliphatic rings. The van der Waals surface area contributed by atoms with Gasteiger partial charge in [-0.3, -0.25) is 4.90 Å². The standard InChI is InChI=1S/C16H32N2O/c1-6-16(7-2)12-18(10-8-9-17-16)13-11-14(19-5)15(13,3)4/h13-14,17H,6-12H2,1-5H3. The maximum Gasteiger partial charge on any atom is 0.0652 e. The number of hydrogen-bond donors (Lipinski definition) is 1. The van der Waals surface area contributed by atoms with Crippen LogP contribution in [0.15, 0.2) is 0 Å². The van der Waals surface area contributed by atoms with Gasteiger partial charge in [-0.05, 0) is 38.8 Å². The van der Waals surface area contributed by atoms with E-state index in [1.807, 2.05) is 7.11 Å². The molecule has 2 fully saturated rings. The zero-order chi connectivity index (χ0) is 14.1. The Bertz CT molecular complexity index is 299. The minimum absolute atomic E-state index is 0.298. The minimum atomic E-state index is 0.298. The van der Waals surface area contributed by atoms with E-state index in [4.69, 9.17) is 4.74 Å². The highest BCUT2D eigenvalue weighted by Crippen LogP contribution is 2.46. The maximum absolute atomic E-state index is 5.62. The van der Waals surface area contributed by atoms with Gasteiger partial charge in [0.1, 0.15) is 0 Å². The van der Waals surface area contributed by atoms with Crippen molar-refractivity contribution in [2.75, 3.05) is 26.7 Å². The van der Waals surface area contributed by atoms with Gasteiger partial charge in [0.25, 0.3) is 0 Å². The molecule has 0 aromatic carbocycles. The molecule has 2 unspecified atom stereocenters. The first-order valence-corrected chi connectivity index (χ1v) is 8.01. The van der Waals surface area contributed by atoms with E-state index in [0.29, 0.717) is 23.1 Å². The third kappa shape index (κ3) is 2.70. The van der Waals surface area contributed by atoms with Crippen molar-refractivity contribution in [1.82, 2.24) is 10.2 Å². The zero-order valence-electron chi connectivity index (χ0n) is 13.5. The van der Waals surface area contributed by atoms with Gasteiger partial charge in [0.05, 0.1) is 6.10 Å². The third-order valence-electron chi connectivity index (χ3n) is 5.83. The van der Waals surface area contributed by atoms with Gasteiger partial charge < -0.3 is 10.1 Å². The van der Waals surface area contributed by atoms with Gasteiger partial charge in [-0.2, -0.15) is 0 Å². The predicted octanol–water partition coefficient (Wildman–Crippen LogP) is 2.65.